The van der Waals surface area contributed by atoms with Crippen molar-refractivity contribution in [2.75, 3.05) is 0 Å². The molecule has 2 rings (SSSR count). The van der Waals surface area contributed by atoms with Crippen LogP contribution in [0.3, 0.4) is 0 Å². The summed E-state index contributed by atoms with van der Waals surface area (Å²) < 4.78 is 1.84. The minimum Gasteiger partial charge on any atom is -0.310 e. The van der Waals surface area contributed by atoms with Crippen LogP contribution in [0.5, 0.6) is 0 Å². The molecule has 0 unspecified atom stereocenters. The molecular formula is C15H21N3. The van der Waals surface area contributed by atoms with E-state index < -0.39 is 0 Å². The highest BCUT2D eigenvalue weighted by molar-refractivity contribution is 5.66. The zero-order valence-corrected chi connectivity index (χ0v) is 11.6. The van der Waals surface area contributed by atoms with Crippen LogP contribution in [0.25, 0.3) is 11.1 Å². The van der Waals surface area contributed by atoms with Crippen LogP contribution < -0.4 is 5.32 Å². The summed E-state index contributed by atoms with van der Waals surface area (Å²) in [6.07, 6.45) is 3.96. The second-order valence-corrected chi connectivity index (χ2v) is 5.09. The van der Waals surface area contributed by atoms with Crippen molar-refractivity contribution >= 4 is 0 Å². The Kier molecular flexibility index (Phi) is 3.82. The molecule has 1 aromatic heterocycles. The number of hydrogen-bond donors (Lipinski definition) is 1. The van der Waals surface area contributed by atoms with Crippen LogP contribution in [-0.2, 0) is 13.6 Å². The monoisotopic (exact) mass is 243 g/mol. The molecule has 0 saturated heterocycles. The Labute approximate surface area is 109 Å². The lowest BCUT2D eigenvalue weighted by molar-refractivity contribution is 0.589. The lowest BCUT2D eigenvalue weighted by atomic mass is 10.0. The molecular weight excluding hydrogens is 222 g/mol. The Hall–Kier alpha value is -1.61. The molecule has 3 nitrogen and oxygen atoms in total. The maximum atomic E-state index is 4.22. The SMILES string of the molecule is Cc1cc(CNC(C)C)ccc1-c1cnn(C)c1. The van der Waals surface area contributed by atoms with Crippen LogP contribution in [0.4, 0.5) is 0 Å². The van der Waals surface area contributed by atoms with E-state index in [0.29, 0.717) is 6.04 Å². The summed E-state index contributed by atoms with van der Waals surface area (Å²) in [6, 6.07) is 7.13. The molecule has 0 fully saturated rings. The fourth-order valence-electron chi connectivity index (χ4n) is 2.04. The average molecular weight is 243 g/mol. The Morgan fingerprint density at radius 1 is 1.33 bits per heavy atom. The smallest absolute Gasteiger partial charge is 0.0568 e. The maximum absolute atomic E-state index is 4.22. The fourth-order valence-corrected chi connectivity index (χ4v) is 2.04. The minimum atomic E-state index is 0.517. The van der Waals surface area contributed by atoms with Gasteiger partial charge in [-0.25, -0.2) is 0 Å². The van der Waals surface area contributed by atoms with E-state index in [1.54, 1.807) is 0 Å². The lowest BCUT2D eigenvalue weighted by Gasteiger charge is -2.10. The van der Waals surface area contributed by atoms with E-state index in [-0.39, 0.29) is 0 Å². The Balaban J connectivity index is 2.20. The molecule has 3 heteroatoms. The molecule has 0 bridgehead atoms. The average Bonchev–Trinajstić information content (AvgIpc) is 2.73. The number of aromatic nitrogens is 2. The van der Waals surface area contributed by atoms with Crippen molar-refractivity contribution in [3.05, 3.63) is 41.7 Å². The van der Waals surface area contributed by atoms with Crippen molar-refractivity contribution in [1.29, 1.82) is 0 Å². The Morgan fingerprint density at radius 2 is 2.11 bits per heavy atom. The van der Waals surface area contributed by atoms with Crippen molar-refractivity contribution in [2.24, 2.45) is 7.05 Å². The number of rotatable bonds is 4. The molecule has 18 heavy (non-hydrogen) atoms. The highest BCUT2D eigenvalue weighted by Crippen LogP contribution is 2.23. The molecule has 0 amide bonds. The van der Waals surface area contributed by atoms with Crippen LogP contribution >= 0.6 is 0 Å². The van der Waals surface area contributed by atoms with Gasteiger partial charge in [-0.2, -0.15) is 5.10 Å². The zero-order chi connectivity index (χ0) is 13.1. The van der Waals surface area contributed by atoms with Crippen LogP contribution in [0.1, 0.15) is 25.0 Å². The van der Waals surface area contributed by atoms with Crippen molar-refractivity contribution in [3.63, 3.8) is 0 Å². The standard InChI is InChI=1S/C15H21N3/c1-11(2)16-8-13-5-6-15(12(3)7-13)14-9-17-18(4)10-14/h5-7,9-11,16H,8H2,1-4H3. The van der Waals surface area contributed by atoms with E-state index in [2.05, 4.69) is 49.4 Å². The van der Waals surface area contributed by atoms with Gasteiger partial charge in [0.15, 0.2) is 0 Å². The molecule has 2 aromatic rings. The molecule has 96 valence electrons. The molecule has 0 aliphatic carbocycles. The number of benzene rings is 1. The predicted octanol–water partition coefficient (Wildman–Crippen LogP) is 2.89. The van der Waals surface area contributed by atoms with Gasteiger partial charge in [0.05, 0.1) is 6.20 Å². The zero-order valence-electron chi connectivity index (χ0n) is 11.6. The van der Waals surface area contributed by atoms with Gasteiger partial charge in [0.25, 0.3) is 0 Å². The largest absolute Gasteiger partial charge is 0.310 e. The quantitative estimate of drug-likeness (QED) is 0.895. The van der Waals surface area contributed by atoms with E-state index in [0.717, 1.165) is 6.54 Å². The van der Waals surface area contributed by atoms with E-state index >= 15 is 0 Å². The maximum Gasteiger partial charge on any atom is 0.0568 e. The molecule has 1 aromatic carbocycles. The van der Waals surface area contributed by atoms with Gasteiger partial charge in [0.2, 0.25) is 0 Å². The first kappa shape index (κ1) is 12.8. The number of nitrogens with zero attached hydrogens (tertiary/aromatic N) is 2. The van der Waals surface area contributed by atoms with Crippen molar-refractivity contribution in [1.82, 2.24) is 15.1 Å². The van der Waals surface area contributed by atoms with Crippen LogP contribution in [0.15, 0.2) is 30.6 Å². The van der Waals surface area contributed by atoms with Crippen molar-refractivity contribution in [2.45, 2.75) is 33.4 Å². The topological polar surface area (TPSA) is 29.9 Å². The first-order chi connectivity index (χ1) is 8.56. The van der Waals surface area contributed by atoms with Gasteiger partial charge in [0, 0.05) is 31.4 Å². The third-order valence-electron chi connectivity index (χ3n) is 3.02. The summed E-state index contributed by atoms with van der Waals surface area (Å²) in [4.78, 5) is 0. The fraction of sp³-hybridized carbons (Fsp3) is 0.400. The van der Waals surface area contributed by atoms with Gasteiger partial charge >= 0.3 is 0 Å². The minimum absolute atomic E-state index is 0.517. The van der Waals surface area contributed by atoms with E-state index in [4.69, 9.17) is 0 Å². The summed E-state index contributed by atoms with van der Waals surface area (Å²) in [5, 5.41) is 7.66. The molecule has 1 N–H and O–H groups in total. The van der Waals surface area contributed by atoms with Gasteiger partial charge in [-0.1, -0.05) is 32.0 Å². The summed E-state index contributed by atoms with van der Waals surface area (Å²) in [6.45, 7) is 7.40. The molecule has 0 spiro atoms. The highest BCUT2D eigenvalue weighted by Gasteiger charge is 2.05. The summed E-state index contributed by atoms with van der Waals surface area (Å²) >= 11 is 0. The second kappa shape index (κ2) is 5.36. The van der Waals surface area contributed by atoms with Crippen molar-refractivity contribution < 1.29 is 0 Å². The lowest BCUT2D eigenvalue weighted by Crippen LogP contribution is -2.21. The van der Waals surface area contributed by atoms with Gasteiger partial charge < -0.3 is 5.32 Å². The van der Waals surface area contributed by atoms with Gasteiger partial charge in [-0.05, 0) is 23.6 Å². The summed E-state index contributed by atoms with van der Waals surface area (Å²) in [5.41, 5.74) is 5.06. The molecule has 0 aliphatic heterocycles. The van der Waals surface area contributed by atoms with Crippen LogP contribution in [-0.4, -0.2) is 15.8 Å². The van der Waals surface area contributed by atoms with E-state index in [1.165, 1.54) is 22.3 Å². The van der Waals surface area contributed by atoms with Crippen LogP contribution in [0, 0.1) is 6.92 Å². The van der Waals surface area contributed by atoms with Crippen LogP contribution in [0.2, 0.25) is 0 Å². The molecule has 1 heterocycles. The summed E-state index contributed by atoms with van der Waals surface area (Å²) in [7, 11) is 1.94. The first-order valence-corrected chi connectivity index (χ1v) is 6.38. The molecule has 0 aliphatic rings. The van der Waals surface area contributed by atoms with E-state index in [9.17, 15) is 0 Å². The Bertz CT molecular complexity index is 526. The molecule has 0 saturated carbocycles. The third kappa shape index (κ3) is 2.99. The van der Waals surface area contributed by atoms with Gasteiger partial charge in [-0.3, -0.25) is 4.68 Å². The Morgan fingerprint density at radius 3 is 2.67 bits per heavy atom. The summed E-state index contributed by atoms with van der Waals surface area (Å²) in [5.74, 6) is 0. The number of aryl methyl sites for hydroxylation is 2. The first-order valence-electron chi connectivity index (χ1n) is 6.38. The number of hydrogen-bond acceptors (Lipinski definition) is 2. The normalized spacial score (nSPS) is 11.2. The van der Waals surface area contributed by atoms with E-state index in [1.807, 2.05) is 24.1 Å². The molecule has 0 atom stereocenters. The predicted molar refractivity (Wildman–Crippen MR) is 75.4 cm³/mol. The van der Waals surface area contributed by atoms with Gasteiger partial charge in [0.1, 0.15) is 0 Å². The third-order valence-corrected chi connectivity index (χ3v) is 3.02. The second-order valence-electron chi connectivity index (χ2n) is 5.09. The number of nitrogens with one attached hydrogen (secondary N) is 1. The van der Waals surface area contributed by atoms with Crippen molar-refractivity contribution in [3.8, 4) is 11.1 Å². The highest BCUT2D eigenvalue weighted by atomic mass is 15.2. The van der Waals surface area contributed by atoms with Gasteiger partial charge in [-0.15, -0.1) is 0 Å². The molecule has 0 radical (unpaired) electrons.